The van der Waals surface area contributed by atoms with Crippen molar-refractivity contribution in [3.05, 3.63) is 84.9 Å². The van der Waals surface area contributed by atoms with Crippen LogP contribution < -0.4 is 10.9 Å². The van der Waals surface area contributed by atoms with Crippen molar-refractivity contribution in [1.82, 2.24) is 10.9 Å². The molecule has 0 unspecified atom stereocenters. The maximum atomic E-state index is 3.98. The highest BCUT2D eigenvalue weighted by Crippen LogP contribution is 2.10. The SMILES string of the molecule is C=C(NNC(=C)c1ccccc1)c1ccccc1. The molecule has 0 saturated carbocycles. The highest BCUT2D eigenvalue weighted by atomic mass is 15.4. The van der Waals surface area contributed by atoms with Crippen LogP contribution >= 0.6 is 0 Å². The van der Waals surface area contributed by atoms with Gasteiger partial charge in [0.15, 0.2) is 0 Å². The summed E-state index contributed by atoms with van der Waals surface area (Å²) in [5.41, 5.74) is 9.83. The van der Waals surface area contributed by atoms with Crippen LogP contribution in [0.15, 0.2) is 73.8 Å². The fraction of sp³-hybridized carbons (Fsp3) is 0. The molecule has 2 aromatic carbocycles. The molecule has 0 heterocycles. The summed E-state index contributed by atoms with van der Waals surface area (Å²) in [6.07, 6.45) is 0. The van der Waals surface area contributed by atoms with E-state index in [0.717, 1.165) is 22.5 Å². The average molecular weight is 236 g/mol. The van der Waals surface area contributed by atoms with Gasteiger partial charge in [-0.15, -0.1) is 0 Å². The Kier molecular flexibility index (Phi) is 3.82. The first-order valence-electron chi connectivity index (χ1n) is 5.78. The molecule has 18 heavy (non-hydrogen) atoms. The predicted molar refractivity (Wildman–Crippen MR) is 77.2 cm³/mol. The average Bonchev–Trinajstić information content (AvgIpc) is 2.46. The van der Waals surface area contributed by atoms with E-state index in [2.05, 4.69) is 24.0 Å². The van der Waals surface area contributed by atoms with Crippen LogP contribution in [0, 0.1) is 0 Å². The van der Waals surface area contributed by atoms with Gasteiger partial charge in [-0.25, -0.2) is 0 Å². The van der Waals surface area contributed by atoms with Gasteiger partial charge in [0.1, 0.15) is 0 Å². The zero-order valence-electron chi connectivity index (χ0n) is 10.2. The Labute approximate surface area is 108 Å². The fourth-order valence-corrected chi connectivity index (χ4v) is 1.57. The number of benzene rings is 2. The lowest BCUT2D eigenvalue weighted by molar-refractivity contribution is 0.819. The first kappa shape index (κ1) is 12.0. The van der Waals surface area contributed by atoms with E-state index in [1.54, 1.807) is 0 Å². The van der Waals surface area contributed by atoms with Gasteiger partial charge < -0.3 is 10.9 Å². The van der Waals surface area contributed by atoms with E-state index in [-0.39, 0.29) is 0 Å². The zero-order chi connectivity index (χ0) is 12.8. The third-order valence-corrected chi connectivity index (χ3v) is 2.61. The number of hydrogen-bond donors (Lipinski definition) is 2. The van der Waals surface area contributed by atoms with Gasteiger partial charge in [0.25, 0.3) is 0 Å². The molecule has 2 rings (SSSR count). The van der Waals surface area contributed by atoms with Gasteiger partial charge in [-0.1, -0.05) is 73.8 Å². The monoisotopic (exact) mass is 236 g/mol. The highest BCUT2D eigenvalue weighted by molar-refractivity contribution is 5.65. The standard InChI is InChI=1S/C16H16N2/c1-13(15-9-5-3-6-10-15)17-18-14(2)16-11-7-4-8-12-16/h3-12,17-18H,1-2H2. The Bertz CT molecular complexity index is 478. The maximum Gasteiger partial charge on any atom is 0.0540 e. The van der Waals surface area contributed by atoms with E-state index >= 15 is 0 Å². The summed E-state index contributed by atoms with van der Waals surface area (Å²) in [6.45, 7) is 7.95. The summed E-state index contributed by atoms with van der Waals surface area (Å²) < 4.78 is 0. The summed E-state index contributed by atoms with van der Waals surface area (Å²) in [7, 11) is 0. The van der Waals surface area contributed by atoms with Crippen molar-refractivity contribution >= 4 is 11.4 Å². The van der Waals surface area contributed by atoms with Gasteiger partial charge >= 0.3 is 0 Å². The molecule has 2 aromatic rings. The van der Waals surface area contributed by atoms with E-state index in [0.29, 0.717) is 0 Å². The second-order valence-corrected chi connectivity index (χ2v) is 3.94. The summed E-state index contributed by atoms with van der Waals surface area (Å²) >= 11 is 0. The molecule has 0 bridgehead atoms. The highest BCUT2D eigenvalue weighted by Gasteiger charge is 1.99. The van der Waals surface area contributed by atoms with Gasteiger partial charge in [-0.2, -0.15) is 0 Å². The van der Waals surface area contributed by atoms with E-state index < -0.39 is 0 Å². The van der Waals surface area contributed by atoms with Crippen molar-refractivity contribution in [2.24, 2.45) is 0 Å². The van der Waals surface area contributed by atoms with Crippen LogP contribution in [-0.4, -0.2) is 0 Å². The molecule has 0 amide bonds. The van der Waals surface area contributed by atoms with Crippen LogP contribution in [0.4, 0.5) is 0 Å². The number of hydrazine groups is 1. The topological polar surface area (TPSA) is 24.1 Å². The molecule has 0 saturated heterocycles. The van der Waals surface area contributed by atoms with Crippen molar-refractivity contribution in [2.75, 3.05) is 0 Å². The summed E-state index contributed by atoms with van der Waals surface area (Å²) in [4.78, 5) is 0. The lowest BCUT2D eigenvalue weighted by atomic mass is 10.2. The van der Waals surface area contributed by atoms with Gasteiger partial charge in [-0.3, -0.25) is 0 Å². The molecule has 0 aliphatic carbocycles. The van der Waals surface area contributed by atoms with E-state index in [4.69, 9.17) is 0 Å². The Morgan fingerprint density at radius 3 is 1.28 bits per heavy atom. The maximum absolute atomic E-state index is 3.98. The lowest BCUT2D eigenvalue weighted by Gasteiger charge is -2.14. The molecule has 0 spiro atoms. The number of rotatable bonds is 5. The largest absolute Gasteiger partial charge is 0.301 e. The molecule has 0 aliphatic rings. The Morgan fingerprint density at radius 2 is 0.944 bits per heavy atom. The van der Waals surface area contributed by atoms with Crippen LogP contribution in [0.3, 0.4) is 0 Å². The second-order valence-electron chi connectivity index (χ2n) is 3.94. The third kappa shape index (κ3) is 3.01. The number of nitrogens with one attached hydrogen (secondary N) is 2. The van der Waals surface area contributed by atoms with Crippen molar-refractivity contribution in [1.29, 1.82) is 0 Å². The van der Waals surface area contributed by atoms with Crippen LogP contribution in [0.5, 0.6) is 0 Å². The second kappa shape index (κ2) is 5.73. The summed E-state index contributed by atoms with van der Waals surface area (Å²) in [5.74, 6) is 0. The van der Waals surface area contributed by atoms with Gasteiger partial charge in [-0.05, 0) is 11.1 Å². The fourth-order valence-electron chi connectivity index (χ4n) is 1.57. The molecule has 2 N–H and O–H groups in total. The molecule has 0 aliphatic heterocycles. The van der Waals surface area contributed by atoms with E-state index in [1.807, 2.05) is 60.7 Å². The van der Waals surface area contributed by atoms with Crippen molar-refractivity contribution in [3.8, 4) is 0 Å². The van der Waals surface area contributed by atoms with Crippen LogP contribution in [-0.2, 0) is 0 Å². The van der Waals surface area contributed by atoms with Crippen molar-refractivity contribution in [3.63, 3.8) is 0 Å². The van der Waals surface area contributed by atoms with E-state index in [1.165, 1.54) is 0 Å². The van der Waals surface area contributed by atoms with Crippen LogP contribution in [0.25, 0.3) is 11.4 Å². The van der Waals surface area contributed by atoms with Crippen LogP contribution in [0.1, 0.15) is 11.1 Å². The predicted octanol–water partition coefficient (Wildman–Crippen LogP) is 3.42. The smallest absolute Gasteiger partial charge is 0.0540 e. The molecular weight excluding hydrogens is 220 g/mol. The van der Waals surface area contributed by atoms with Crippen LogP contribution in [0.2, 0.25) is 0 Å². The Hall–Kier alpha value is -2.48. The molecule has 2 nitrogen and oxygen atoms in total. The summed E-state index contributed by atoms with van der Waals surface area (Å²) in [6, 6.07) is 19.9. The number of hydrogen-bond acceptors (Lipinski definition) is 2. The molecular formula is C16H16N2. The third-order valence-electron chi connectivity index (χ3n) is 2.61. The molecule has 0 radical (unpaired) electrons. The minimum absolute atomic E-state index is 0.813. The Balaban J connectivity index is 1.93. The van der Waals surface area contributed by atoms with Crippen molar-refractivity contribution in [2.45, 2.75) is 0 Å². The first-order valence-corrected chi connectivity index (χ1v) is 5.78. The molecule has 0 aromatic heterocycles. The lowest BCUT2D eigenvalue weighted by Crippen LogP contribution is -2.27. The first-order chi connectivity index (χ1) is 8.77. The Morgan fingerprint density at radius 1 is 0.611 bits per heavy atom. The molecule has 2 heteroatoms. The van der Waals surface area contributed by atoms with Crippen molar-refractivity contribution < 1.29 is 0 Å². The molecule has 0 atom stereocenters. The minimum Gasteiger partial charge on any atom is -0.301 e. The van der Waals surface area contributed by atoms with Gasteiger partial charge in [0.05, 0.1) is 11.4 Å². The molecule has 90 valence electrons. The zero-order valence-corrected chi connectivity index (χ0v) is 10.2. The van der Waals surface area contributed by atoms with E-state index in [9.17, 15) is 0 Å². The van der Waals surface area contributed by atoms with Gasteiger partial charge in [0, 0.05) is 0 Å². The quantitative estimate of drug-likeness (QED) is 0.777. The normalized spacial score (nSPS) is 9.56. The summed E-state index contributed by atoms with van der Waals surface area (Å²) in [5, 5.41) is 0. The minimum atomic E-state index is 0.813. The van der Waals surface area contributed by atoms with Gasteiger partial charge in [0.2, 0.25) is 0 Å². The molecule has 0 fully saturated rings.